The van der Waals surface area contributed by atoms with Gasteiger partial charge in [0.2, 0.25) is 0 Å². The molecule has 2 aromatic rings. The van der Waals surface area contributed by atoms with Gasteiger partial charge in [0.25, 0.3) is 5.91 Å². The summed E-state index contributed by atoms with van der Waals surface area (Å²) in [6, 6.07) is 4.02. The van der Waals surface area contributed by atoms with E-state index in [-0.39, 0.29) is 5.92 Å². The highest BCUT2D eigenvalue weighted by Gasteiger charge is 2.28. The highest BCUT2D eigenvalue weighted by Crippen LogP contribution is 2.24. The van der Waals surface area contributed by atoms with Crippen LogP contribution in [0, 0.1) is 19.8 Å². The van der Waals surface area contributed by atoms with Crippen LogP contribution in [0.4, 0.5) is 0 Å². The van der Waals surface area contributed by atoms with Crippen molar-refractivity contribution in [2.24, 2.45) is 5.92 Å². The Labute approximate surface area is 157 Å². The summed E-state index contributed by atoms with van der Waals surface area (Å²) < 4.78 is 10.9. The molecule has 0 bridgehead atoms. The normalized spacial score (nSPS) is 14.4. The minimum Gasteiger partial charge on any atom is -0.481 e. The Bertz CT molecular complexity index is 917. The third-order valence-electron chi connectivity index (χ3n) is 4.89. The molecule has 0 saturated heterocycles. The van der Waals surface area contributed by atoms with Crippen LogP contribution in [0.5, 0.6) is 5.75 Å². The molecule has 7 nitrogen and oxygen atoms in total. The lowest BCUT2D eigenvalue weighted by Crippen LogP contribution is -2.49. The number of nitrogens with one attached hydrogen (secondary N) is 1. The molecule has 0 saturated carbocycles. The summed E-state index contributed by atoms with van der Waals surface area (Å²) in [6.07, 6.45) is -0.291. The molecule has 0 fully saturated rings. The van der Waals surface area contributed by atoms with Crippen molar-refractivity contribution in [3.63, 3.8) is 0 Å². The number of carboxylic acids is 1. The number of hydrogen-bond acceptors (Lipinski definition) is 5. The zero-order valence-electron chi connectivity index (χ0n) is 16.2. The predicted octanol–water partition coefficient (Wildman–Crippen LogP) is 2.79. The Morgan fingerprint density at radius 2 is 1.89 bits per heavy atom. The summed E-state index contributed by atoms with van der Waals surface area (Å²) in [5.41, 5.74) is 1.34. The van der Waals surface area contributed by atoms with E-state index < -0.39 is 29.6 Å². The molecular formula is C20H25NO6. The number of rotatable bonds is 7. The maximum absolute atomic E-state index is 12.3. The highest BCUT2D eigenvalue weighted by atomic mass is 16.5. The number of benzene rings is 1. The number of carbonyl (C=O) groups is 2. The molecule has 3 atom stereocenters. The zero-order chi connectivity index (χ0) is 20.3. The topological polar surface area (TPSA) is 106 Å². The molecule has 0 spiro atoms. The lowest BCUT2D eigenvalue weighted by Gasteiger charge is -2.22. The lowest BCUT2D eigenvalue weighted by atomic mass is 9.99. The summed E-state index contributed by atoms with van der Waals surface area (Å²) in [4.78, 5) is 35.5. The Hall–Kier alpha value is -2.83. The number of carbonyl (C=O) groups excluding carboxylic acids is 1. The van der Waals surface area contributed by atoms with Crippen molar-refractivity contribution in [1.29, 1.82) is 0 Å². The van der Waals surface area contributed by atoms with Crippen LogP contribution in [0.25, 0.3) is 11.0 Å². The third kappa shape index (κ3) is 4.48. The van der Waals surface area contributed by atoms with Crippen molar-refractivity contribution < 1.29 is 23.8 Å². The van der Waals surface area contributed by atoms with Crippen LogP contribution in [-0.4, -0.2) is 29.1 Å². The van der Waals surface area contributed by atoms with Gasteiger partial charge in [-0.05, 0) is 44.4 Å². The average molecular weight is 375 g/mol. The van der Waals surface area contributed by atoms with Crippen LogP contribution < -0.4 is 15.7 Å². The Balaban J connectivity index is 2.18. The largest absolute Gasteiger partial charge is 0.481 e. The monoisotopic (exact) mass is 375 g/mol. The van der Waals surface area contributed by atoms with Gasteiger partial charge in [0.15, 0.2) is 6.10 Å². The second kappa shape index (κ2) is 8.24. The van der Waals surface area contributed by atoms with Gasteiger partial charge >= 0.3 is 11.6 Å². The average Bonchev–Trinajstić information content (AvgIpc) is 2.62. The molecule has 0 aliphatic rings. The first kappa shape index (κ1) is 20.5. The van der Waals surface area contributed by atoms with Gasteiger partial charge in [-0.3, -0.25) is 4.79 Å². The van der Waals surface area contributed by atoms with Gasteiger partial charge in [0.1, 0.15) is 17.4 Å². The van der Waals surface area contributed by atoms with Crippen molar-refractivity contribution >= 4 is 22.8 Å². The molecule has 1 heterocycles. The van der Waals surface area contributed by atoms with Crippen molar-refractivity contribution in [3.05, 3.63) is 39.7 Å². The van der Waals surface area contributed by atoms with Gasteiger partial charge in [0, 0.05) is 17.0 Å². The molecule has 0 unspecified atom stereocenters. The van der Waals surface area contributed by atoms with E-state index in [1.165, 1.54) is 6.92 Å². The molecule has 0 radical (unpaired) electrons. The highest BCUT2D eigenvalue weighted by molar-refractivity contribution is 5.87. The SMILES string of the molecule is CC[C@H](C)[C@H](NC(=O)[C@H](C)Oc1ccc2c(C)c(C)c(=O)oc2c1)C(=O)O. The summed E-state index contributed by atoms with van der Waals surface area (Å²) in [7, 11) is 0. The Kier molecular flexibility index (Phi) is 6.25. The Morgan fingerprint density at radius 3 is 2.48 bits per heavy atom. The first-order chi connectivity index (χ1) is 12.6. The lowest BCUT2D eigenvalue weighted by molar-refractivity contribution is -0.144. The van der Waals surface area contributed by atoms with E-state index in [0.29, 0.717) is 23.3 Å². The molecule has 7 heteroatoms. The van der Waals surface area contributed by atoms with E-state index in [4.69, 9.17) is 9.15 Å². The smallest absolute Gasteiger partial charge is 0.339 e. The number of aliphatic carboxylic acids is 1. The number of amides is 1. The second-order valence-electron chi connectivity index (χ2n) is 6.77. The van der Waals surface area contributed by atoms with Crippen molar-refractivity contribution in [1.82, 2.24) is 5.32 Å². The standard InChI is InChI=1S/C20H25NO6/c1-6-10(2)17(19(23)24)21-18(22)13(5)26-14-7-8-15-11(3)12(4)20(25)27-16(15)9-14/h7-10,13,17H,6H2,1-5H3,(H,21,22)(H,23,24)/t10-,13-,17-/m0/s1. The molecule has 1 aromatic heterocycles. The number of aryl methyl sites for hydroxylation is 1. The van der Waals surface area contributed by atoms with Gasteiger partial charge in [-0.15, -0.1) is 0 Å². The fourth-order valence-electron chi connectivity index (χ4n) is 2.71. The fraction of sp³-hybridized carbons (Fsp3) is 0.450. The molecule has 2 N–H and O–H groups in total. The van der Waals surface area contributed by atoms with Gasteiger partial charge in [-0.2, -0.15) is 0 Å². The van der Waals surface area contributed by atoms with Crippen molar-refractivity contribution in [2.75, 3.05) is 0 Å². The van der Waals surface area contributed by atoms with Gasteiger partial charge in [-0.25, -0.2) is 9.59 Å². The second-order valence-corrected chi connectivity index (χ2v) is 6.77. The van der Waals surface area contributed by atoms with Crippen LogP contribution >= 0.6 is 0 Å². The molecule has 27 heavy (non-hydrogen) atoms. The minimum absolute atomic E-state index is 0.209. The van der Waals surface area contributed by atoms with E-state index in [1.54, 1.807) is 32.0 Å². The van der Waals surface area contributed by atoms with Gasteiger partial charge < -0.3 is 19.6 Å². The van der Waals surface area contributed by atoms with Crippen molar-refractivity contribution in [3.8, 4) is 5.75 Å². The van der Waals surface area contributed by atoms with E-state index in [1.807, 2.05) is 13.8 Å². The van der Waals surface area contributed by atoms with Crippen LogP contribution in [0.1, 0.15) is 38.3 Å². The zero-order valence-corrected chi connectivity index (χ0v) is 16.2. The van der Waals surface area contributed by atoms with Crippen LogP contribution in [0.2, 0.25) is 0 Å². The summed E-state index contributed by atoms with van der Waals surface area (Å²) in [5.74, 6) is -1.46. The quantitative estimate of drug-likeness (QED) is 0.721. The van der Waals surface area contributed by atoms with E-state index >= 15 is 0 Å². The maximum atomic E-state index is 12.3. The van der Waals surface area contributed by atoms with E-state index in [2.05, 4.69) is 5.32 Å². The third-order valence-corrected chi connectivity index (χ3v) is 4.89. The minimum atomic E-state index is -1.08. The summed E-state index contributed by atoms with van der Waals surface area (Å²) in [5, 5.41) is 12.6. The van der Waals surface area contributed by atoms with E-state index in [9.17, 15) is 19.5 Å². The molecule has 1 aromatic carbocycles. The number of hydrogen-bond donors (Lipinski definition) is 2. The van der Waals surface area contributed by atoms with Gasteiger partial charge in [0.05, 0.1) is 0 Å². The Morgan fingerprint density at radius 1 is 1.22 bits per heavy atom. The number of fused-ring (bicyclic) bond motifs is 1. The van der Waals surface area contributed by atoms with Gasteiger partial charge in [-0.1, -0.05) is 20.3 Å². The molecule has 0 aliphatic heterocycles. The predicted molar refractivity (Wildman–Crippen MR) is 101 cm³/mol. The molecule has 2 rings (SSSR count). The molecule has 146 valence electrons. The molecular weight excluding hydrogens is 350 g/mol. The maximum Gasteiger partial charge on any atom is 0.339 e. The fourth-order valence-corrected chi connectivity index (χ4v) is 2.71. The van der Waals surface area contributed by atoms with E-state index in [0.717, 1.165) is 10.9 Å². The van der Waals surface area contributed by atoms with Crippen molar-refractivity contribution in [2.45, 2.75) is 53.2 Å². The summed E-state index contributed by atoms with van der Waals surface area (Å²) >= 11 is 0. The molecule has 1 amide bonds. The first-order valence-electron chi connectivity index (χ1n) is 8.89. The number of carboxylic acid groups (broad SMARTS) is 1. The first-order valence-corrected chi connectivity index (χ1v) is 8.89. The van der Waals surface area contributed by atoms with Crippen LogP contribution in [0.15, 0.2) is 27.4 Å². The van der Waals surface area contributed by atoms with Crippen LogP contribution in [0.3, 0.4) is 0 Å². The number of ether oxygens (including phenoxy) is 1. The molecule has 0 aliphatic carbocycles. The van der Waals surface area contributed by atoms with Crippen LogP contribution in [-0.2, 0) is 9.59 Å². The summed E-state index contributed by atoms with van der Waals surface area (Å²) in [6.45, 7) is 8.70.